The Morgan fingerprint density at radius 3 is 2.57 bits per heavy atom. The van der Waals surface area contributed by atoms with Crippen molar-refractivity contribution in [2.75, 3.05) is 13.7 Å². The van der Waals surface area contributed by atoms with Crippen molar-refractivity contribution in [1.29, 1.82) is 0 Å². The maximum absolute atomic E-state index is 12.0. The molecule has 0 radical (unpaired) electrons. The number of para-hydroxylation sites is 1. The summed E-state index contributed by atoms with van der Waals surface area (Å²) < 4.78 is 12.2. The number of hydrogen-bond donors (Lipinski definition) is 1. The van der Waals surface area contributed by atoms with E-state index in [1.165, 1.54) is 11.7 Å². The molecule has 144 valence electrons. The summed E-state index contributed by atoms with van der Waals surface area (Å²) in [5, 5.41) is 18.5. The fraction of sp³-hybridized carbons (Fsp3) is 0.158. The molecule has 3 aromatic rings. The van der Waals surface area contributed by atoms with Gasteiger partial charge in [0.15, 0.2) is 12.3 Å². The Kier molecular flexibility index (Phi) is 6.05. The number of azo groups is 1. The molecule has 3 rings (SSSR count). The van der Waals surface area contributed by atoms with Crippen molar-refractivity contribution >= 4 is 44.4 Å². The van der Waals surface area contributed by atoms with Crippen LogP contribution in [0.25, 0.3) is 10.9 Å². The van der Waals surface area contributed by atoms with E-state index in [2.05, 4.69) is 30.9 Å². The van der Waals surface area contributed by atoms with Crippen LogP contribution >= 0.6 is 15.9 Å². The molecule has 0 unspecified atom stereocenters. The molecular weight excluding hydrogens is 430 g/mol. The number of amides is 1. The number of nitrogens with zero attached hydrogens (tertiary/aromatic N) is 3. The van der Waals surface area contributed by atoms with E-state index >= 15 is 0 Å². The van der Waals surface area contributed by atoms with Gasteiger partial charge < -0.3 is 14.6 Å². The summed E-state index contributed by atoms with van der Waals surface area (Å²) in [5.41, 5.74) is 0.661. The second-order valence-corrected chi connectivity index (χ2v) is 6.60. The highest BCUT2D eigenvalue weighted by molar-refractivity contribution is 9.10. The molecule has 1 heterocycles. The van der Waals surface area contributed by atoms with Crippen LogP contribution in [0.2, 0.25) is 0 Å². The van der Waals surface area contributed by atoms with Gasteiger partial charge in [-0.05, 0) is 30.3 Å². The minimum absolute atomic E-state index is 0.0940. The van der Waals surface area contributed by atoms with E-state index in [0.29, 0.717) is 16.7 Å². The van der Waals surface area contributed by atoms with Gasteiger partial charge >= 0.3 is 11.9 Å². The maximum Gasteiger partial charge on any atom is 0.325 e. The van der Waals surface area contributed by atoms with Crippen molar-refractivity contribution in [2.24, 2.45) is 10.2 Å². The summed E-state index contributed by atoms with van der Waals surface area (Å²) >= 11 is 3.31. The Morgan fingerprint density at radius 1 is 1.14 bits per heavy atom. The smallest absolute Gasteiger partial charge is 0.325 e. The van der Waals surface area contributed by atoms with Crippen molar-refractivity contribution in [1.82, 2.24) is 4.57 Å². The zero-order valence-corrected chi connectivity index (χ0v) is 16.4. The zero-order valence-electron chi connectivity index (χ0n) is 14.8. The predicted molar refractivity (Wildman–Crippen MR) is 105 cm³/mol. The van der Waals surface area contributed by atoms with Crippen molar-refractivity contribution in [3.05, 3.63) is 53.0 Å². The molecule has 1 aromatic heterocycles. The minimum Gasteiger partial charge on any atom is -0.493 e. The number of methoxy groups -OCH3 is 1. The molecule has 0 atom stereocenters. The van der Waals surface area contributed by atoms with Crippen LogP contribution in [0, 0.1) is 0 Å². The largest absolute Gasteiger partial charge is 0.493 e. The van der Waals surface area contributed by atoms with Gasteiger partial charge in [-0.3, -0.25) is 14.2 Å². The first-order valence-electron chi connectivity index (χ1n) is 8.19. The lowest BCUT2D eigenvalue weighted by Crippen LogP contribution is -2.10. The van der Waals surface area contributed by atoms with Crippen LogP contribution in [-0.4, -0.2) is 35.3 Å². The number of rotatable bonds is 6. The summed E-state index contributed by atoms with van der Waals surface area (Å²) in [6.07, 6.45) is 0. The summed E-state index contributed by atoms with van der Waals surface area (Å²) in [6.45, 7) is -0.494. The van der Waals surface area contributed by atoms with Crippen LogP contribution in [0.1, 0.15) is 0 Å². The van der Waals surface area contributed by atoms with Gasteiger partial charge in [0.05, 0.1) is 12.6 Å². The number of halogens is 1. The second-order valence-electron chi connectivity index (χ2n) is 5.69. The number of aromatic hydroxyl groups is 1. The van der Waals surface area contributed by atoms with E-state index < -0.39 is 11.9 Å². The number of carbonyl (C=O) groups excluding carboxylic acids is 2. The molecule has 9 heteroatoms. The van der Waals surface area contributed by atoms with Gasteiger partial charge in [-0.1, -0.05) is 34.1 Å². The molecule has 0 bridgehead atoms. The van der Waals surface area contributed by atoms with Crippen LogP contribution in [0.3, 0.4) is 0 Å². The van der Waals surface area contributed by atoms with E-state index in [0.717, 1.165) is 4.47 Å². The lowest BCUT2D eigenvalue weighted by atomic mass is 10.2. The first kappa shape index (κ1) is 19.6. The average molecular weight is 446 g/mol. The molecular formula is C19H16BrN3O5. The maximum atomic E-state index is 12.0. The van der Waals surface area contributed by atoms with Crippen LogP contribution in [0.4, 0.5) is 5.69 Å². The SMILES string of the molecule is COC(=O)Cn1c(O)c(N=NC(=O)COc2ccc(Br)cc2)c2ccccc21. The first-order chi connectivity index (χ1) is 13.5. The highest BCUT2D eigenvalue weighted by Crippen LogP contribution is 2.38. The van der Waals surface area contributed by atoms with Gasteiger partial charge in [0.1, 0.15) is 12.3 Å². The predicted octanol–water partition coefficient (Wildman–Crippen LogP) is 3.97. The second kappa shape index (κ2) is 8.66. The van der Waals surface area contributed by atoms with Gasteiger partial charge in [-0.15, -0.1) is 10.2 Å². The molecule has 0 saturated heterocycles. The van der Waals surface area contributed by atoms with E-state index in [9.17, 15) is 14.7 Å². The molecule has 0 spiro atoms. The molecule has 0 aliphatic heterocycles. The third kappa shape index (κ3) is 4.37. The molecule has 0 aliphatic rings. The van der Waals surface area contributed by atoms with Gasteiger partial charge in [0.2, 0.25) is 5.88 Å². The molecule has 0 aliphatic carbocycles. The number of hydrogen-bond acceptors (Lipinski definition) is 6. The minimum atomic E-state index is -0.618. The van der Waals surface area contributed by atoms with Gasteiger partial charge in [-0.25, -0.2) is 0 Å². The average Bonchev–Trinajstić information content (AvgIpc) is 2.97. The molecule has 0 fully saturated rings. The Balaban J connectivity index is 1.79. The fourth-order valence-corrected chi connectivity index (χ4v) is 2.80. The van der Waals surface area contributed by atoms with Gasteiger partial charge in [0.25, 0.3) is 0 Å². The fourth-order valence-electron chi connectivity index (χ4n) is 2.53. The Labute approximate surface area is 168 Å². The van der Waals surface area contributed by atoms with Crippen molar-refractivity contribution in [3.63, 3.8) is 0 Å². The number of fused-ring (bicyclic) bond motifs is 1. The van der Waals surface area contributed by atoms with E-state index in [1.54, 1.807) is 48.5 Å². The van der Waals surface area contributed by atoms with E-state index in [4.69, 9.17) is 4.74 Å². The van der Waals surface area contributed by atoms with E-state index in [-0.39, 0.29) is 24.7 Å². The first-order valence-corrected chi connectivity index (χ1v) is 8.99. The van der Waals surface area contributed by atoms with Gasteiger partial charge in [0, 0.05) is 9.86 Å². The topological polar surface area (TPSA) is 102 Å². The van der Waals surface area contributed by atoms with Crippen LogP contribution in [0.5, 0.6) is 11.6 Å². The molecule has 8 nitrogen and oxygen atoms in total. The summed E-state index contributed by atoms with van der Waals surface area (Å²) in [4.78, 5) is 23.6. The highest BCUT2D eigenvalue weighted by Gasteiger charge is 2.18. The monoisotopic (exact) mass is 445 g/mol. The highest BCUT2D eigenvalue weighted by atomic mass is 79.9. The quantitative estimate of drug-likeness (QED) is 0.456. The van der Waals surface area contributed by atoms with Crippen molar-refractivity contribution < 1.29 is 24.2 Å². The van der Waals surface area contributed by atoms with Crippen LogP contribution < -0.4 is 4.74 Å². The number of esters is 1. The Hall–Kier alpha value is -3.20. The zero-order chi connectivity index (χ0) is 20.1. The molecule has 1 N–H and O–H groups in total. The molecule has 0 saturated carbocycles. The lowest BCUT2D eigenvalue weighted by Gasteiger charge is -2.04. The molecule has 2 aromatic carbocycles. The van der Waals surface area contributed by atoms with Crippen molar-refractivity contribution in [2.45, 2.75) is 6.54 Å². The van der Waals surface area contributed by atoms with Crippen LogP contribution in [0.15, 0.2) is 63.2 Å². The third-order valence-corrected chi connectivity index (χ3v) is 4.40. The van der Waals surface area contributed by atoms with Crippen molar-refractivity contribution in [3.8, 4) is 11.6 Å². The molecule has 28 heavy (non-hydrogen) atoms. The lowest BCUT2D eigenvalue weighted by molar-refractivity contribution is -0.141. The summed E-state index contributed by atoms with van der Waals surface area (Å²) in [6, 6.07) is 13.9. The van der Waals surface area contributed by atoms with Gasteiger partial charge in [-0.2, -0.15) is 0 Å². The number of aromatic nitrogens is 1. The number of ether oxygens (including phenoxy) is 2. The summed E-state index contributed by atoms with van der Waals surface area (Å²) in [5.74, 6) is -0.910. The Morgan fingerprint density at radius 2 is 1.86 bits per heavy atom. The summed E-state index contributed by atoms with van der Waals surface area (Å²) in [7, 11) is 1.26. The number of benzene rings is 2. The Bertz CT molecular complexity index is 1040. The van der Waals surface area contributed by atoms with E-state index in [1.807, 2.05) is 0 Å². The van der Waals surface area contributed by atoms with Crippen LogP contribution in [-0.2, 0) is 20.9 Å². The normalized spacial score (nSPS) is 11.1. The molecule has 1 amide bonds. The third-order valence-electron chi connectivity index (χ3n) is 3.87. The number of carbonyl (C=O) groups is 2. The standard InChI is InChI=1S/C19H16BrN3O5/c1-27-17(25)10-23-15-5-3-2-4-14(15)18(19(23)26)22-21-16(24)11-28-13-8-6-12(20)7-9-13/h2-9,26H,10-11H2,1H3.